The predicted octanol–water partition coefficient (Wildman–Crippen LogP) is 2.98. The zero-order valence-electron chi connectivity index (χ0n) is 10.7. The second kappa shape index (κ2) is 6.51. The molecule has 2 N–H and O–H groups in total. The van der Waals surface area contributed by atoms with Crippen molar-refractivity contribution in [2.24, 2.45) is 0 Å². The largest absolute Gasteiger partial charge is 0.310 e. The third-order valence-corrected chi connectivity index (χ3v) is 3.62. The van der Waals surface area contributed by atoms with E-state index in [4.69, 9.17) is 0 Å². The minimum Gasteiger partial charge on any atom is -0.310 e. The van der Waals surface area contributed by atoms with E-state index in [0.29, 0.717) is 10.7 Å². The van der Waals surface area contributed by atoms with Crippen LogP contribution in [-0.4, -0.2) is 21.9 Å². The fourth-order valence-electron chi connectivity index (χ4n) is 1.58. The number of aromatic nitrogens is 2. The monoisotopic (exact) mass is 297 g/mol. The predicted molar refractivity (Wildman–Crippen MR) is 73.7 cm³/mol. The Labute approximate surface area is 119 Å². The van der Waals surface area contributed by atoms with Crippen molar-refractivity contribution in [3.05, 3.63) is 41.6 Å². The van der Waals surface area contributed by atoms with Crippen molar-refractivity contribution in [1.29, 1.82) is 0 Å². The molecular weight excluding hydrogens is 284 g/mol. The summed E-state index contributed by atoms with van der Waals surface area (Å²) in [7, 11) is 0. The molecule has 20 heavy (non-hydrogen) atoms. The van der Waals surface area contributed by atoms with Gasteiger partial charge in [-0.3, -0.25) is 9.89 Å². The normalized spacial score (nSPS) is 10.6. The van der Waals surface area contributed by atoms with Gasteiger partial charge in [-0.1, -0.05) is 6.92 Å². The Morgan fingerprint density at radius 1 is 1.40 bits per heavy atom. The molecule has 0 spiro atoms. The summed E-state index contributed by atoms with van der Waals surface area (Å²) in [5.41, 5.74) is 0.913. The molecule has 0 aliphatic carbocycles. The van der Waals surface area contributed by atoms with Crippen molar-refractivity contribution in [2.45, 2.75) is 18.2 Å². The highest BCUT2D eigenvalue weighted by Crippen LogP contribution is 2.21. The summed E-state index contributed by atoms with van der Waals surface area (Å²) in [5, 5.41) is 9.24. The average molecular weight is 297 g/mol. The number of hydrogen-bond acceptors (Lipinski definition) is 3. The van der Waals surface area contributed by atoms with Crippen molar-refractivity contribution in [3.63, 3.8) is 0 Å². The maximum Gasteiger partial charge on any atom is 0.235 e. The third-order valence-electron chi connectivity index (χ3n) is 2.62. The first-order valence-corrected chi connectivity index (χ1v) is 6.98. The van der Waals surface area contributed by atoms with Crippen LogP contribution in [0.2, 0.25) is 0 Å². The molecule has 0 radical (unpaired) electrons. The van der Waals surface area contributed by atoms with E-state index in [0.717, 1.165) is 35.9 Å². The Kier molecular flexibility index (Phi) is 4.73. The van der Waals surface area contributed by atoms with Gasteiger partial charge in [0.05, 0.1) is 11.9 Å². The standard InChI is InChI=1S/C13H13F2N3OS/c1-2-8-6-16-18-13(8)17-12(19)7-20-9-3-4-10(14)11(15)5-9/h3-6H,2,7H2,1H3,(H2,16,17,18,19). The maximum absolute atomic E-state index is 13.0. The lowest BCUT2D eigenvalue weighted by Crippen LogP contribution is -2.15. The van der Waals surface area contributed by atoms with Gasteiger partial charge in [-0.05, 0) is 24.6 Å². The zero-order chi connectivity index (χ0) is 14.5. The molecule has 0 bridgehead atoms. The highest BCUT2D eigenvalue weighted by atomic mass is 32.2. The number of aromatic amines is 1. The summed E-state index contributed by atoms with van der Waals surface area (Å²) >= 11 is 1.13. The van der Waals surface area contributed by atoms with Crippen molar-refractivity contribution >= 4 is 23.5 Å². The average Bonchev–Trinajstić information content (AvgIpc) is 2.87. The highest BCUT2D eigenvalue weighted by molar-refractivity contribution is 8.00. The number of thioether (sulfide) groups is 1. The molecule has 1 aromatic carbocycles. The number of benzene rings is 1. The van der Waals surface area contributed by atoms with Gasteiger partial charge >= 0.3 is 0 Å². The molecule has 106 valence electrons. The fraction of sp³-hybridized carbons (Fsp3) is 0.231. The summed E-state index contributed by atoms with van der Waals surface area (Å²) in [4.78, 5) is 12.3. The van der Waals surface area contributed by atoms with Crippen molar-refractivity contribution in [2.75, 3.05) is 11.1 Å². The van der Waals surface area contributed by atoms with E-state index >= 15 is 0 Å². The number of nitrogens with one attached hydrogen (secondary N) is 2. The molecule has 1 heterocycles. The molecule has 0 saturated carbocycles. The van der Waals surface area contributed by atoms with Crippen LogP contribution in [0.3, 0.4) is 0 Å². The lowest BCUT2D eigenvalue weighted by Gasteiger charge is -2.05. The highest BCUT2D eigenvalue weighted by Gasteiger charge is 2.09. The second-order valence-corrected chi connectivity index (χ2v) is 5.09. The van der Waals surface area contributed by atoms with E-state index in [1.54, 1.807) is 6.20 Å². The van der Waals surface area contributed by atoms with E-state index in [9.17, 15) is 13.6 Å². The number of amides is 1. The van der Waals surface area contributed by atoms with Gasteiger partial charge in [0.2, 0.25) is 5.91 Å². The van der Waals surface area contributed by atoms with Crippen LogP contribution in [0.15, 0.2) is 29.3 Å². The number of hydrogen-bond donors (Lipinski definition) is 2. The third kappa shape index (κ3) is 3.57. The van der Waals surface area contributed by atoms with Crippen LogP contribution >= 0.6 is 11.8 Å². The second-order valence-electron chi connectivity index (χ2n) is 4.04. The Hall–Kier alpha value is -1.89. The molecule has 2 rings (SSSR count). The summed E-state index contributed by atoms with van der Waals surface area (Å²) in [5.74, 6) is -1.38. The minimum absolute atomic E-state index is 0.104. The van der Waals surface area contributed by atoms with E-state index in [-0.39, 0.29) is 11.7 Å². The Bertz CT molecular complexity index is 615. The van der Waals surface area contributed by atoms with Gasteiger partial charge in [0.15, 0.2) is 11.6 Å². The number of carbonyl (C=O) groups excluding carboxylic acids is 1. The van der Waals surface area contributed by atoms with Crippen LogP contribution in [0.25, 0.3) is 0 Å². The summed E-state index contributed by atoms with van der Waals surface area (Å²) in [6.45, 7) is 1.95. The van der Waals surface area contributed by atoms with Gasteiger partial charge in [-0.15, -0.1) is 11.8 Å². The molecule has 7 heteroatoms. The van der Waals surface area contributed by atoms with Crippen LogP contribution in [0, 0.1) is 11.6 Å². The minimum atomic E-state index is -0.919. The number of anilines is 1. The van der Waals surface area contributed by atoms with Crippen molar-refractivity contribution in [3.8, 4) is 0 Å². The molecule has 0 atom stereocenters. The Morgan fingerprint density at radius 3 is 2.90 bits per heavy atom. The molecule has 0 aliphatic heterocycles. The maximum atomic E-state index is 13.0. The van der Waals surface area contributed by atoms with Crippen molar-refractivity contribution in [1.82, 2.24) is 10.2 Å². The van der Waals surface area contributed by atoms with Gasteiger partial charge in [-0.25, -0.2) is 8.78 Å². The van der Waals surface area contributed by atoms with E-state index in [1.165, 1.54) is 6.07 Å². The number of carbonyl (C=O) groups is 1. The molecule has 0 aliphatic rings. The molecule has 2 aromatic rings. The fourth-order valence-corrected chi connectivity index (χ4v) is 2.30. The van der Waals surface area contributed by atoms with Crippen molar-refractivity contribution < 1.29 is 13.6 Å². The van der Waals surface area contributed by atoms with Gasteiger partial charge in [-0.2, -0.15) is 5.10 Å². The number of H-pyrrole nitrogens is 1. The smallest absolute Gasteiger partial charge is 0.235 e. The lowest BCUT2D eigenvalue weighted by molar-refractivity contribution is -0.113. The first-order valence-electron chi connectivity index (χ1n) is 6.00. The first-order chi connectivity index (χ1) is 9.60. The lowest BCUT2D eigenvalue weighted by atomic mass is 10.2. The topological polar surface area (TPSA) is 57.8 Å². The van der Waals surface area contributed by atoms with E-state index < -0.39 is 11.6 Å². The van der Waals surface area contributed by atoms with Gasteiger partial charge in [0.1, 0.15) is 5.82 Å². The van der Waals surface area contributed by atoms with E-state index in [2.05, 4.69) is 15.5 Å². The summed E-state index contributed by atoms with van der Waals surface area (Å²) in [6, 6.07) is 3.55. The summed E-state index contributed by atoms with van der Waals surface area (Å²) in [6.07, 6.45) is 2.40. The molecule has 0 fully saturated rings. The molecule has 0 unspecified atom stereocenters. The van der Waals surface area contributed by atoms with Crippen LogP contribution in [0.1, 0.15) is 12.5 Å². The van der Waals surface area contributed by atoms with Crippen LogP contribution in [0.4, 0.5) is 14.6 Å². The zero-order valence-corrected chi connectivity index (χ0v) is 11.6. The molecule has 1 aromatic heterocycles. The number of aryl methyl sites for hydroxylation is 1. The molecule has 0 saturated heterocycles. The first kappa shape index (κ1) is 14.5. The Balaban J connectivity index is 1.90. The van der Waals surface area contributed by atoms with Crippen LogP contribution in [-0.2, 0) is 11.2 Å². The van der Waals surface area contributed by atoms with Crippen LogP contribution in [0.5, 0.6) is 0 Å². The van der Waals surface area contributed by atoms with E-state index in [1.807, 2.05) is 6.92 Å². The van der Waals surface area contributed by atoms with Gasteiger partial charge < -0.3 is 5.32 Å². The molecular formula is C13H13F2N3OS. The molecule has 1 amide bonds. The SMILES string of the molecule is CCc1cn[nH]c1NC(=O)CSc1ccc(F)c(F)c1. The van der Waals surface area contributed by atoms with Gasteiger partial charge in [0, 0.05) is 10.5 Å². The number of nitrogens with zero attached hydrogens (tertiary/aromatic N) is 1. The molecule has 4 nitrogen and oxygen atoms in total. The Morgan fingerprint density at radius 2 is 2.20 bits per heavy atom. The number of rotatable bonds is 5. The number of halogens is 2. The summed E-state index contributed by atoms with van der Waals surface area (Å²) < 4.78 is 25.8. The van der Waals surface area contributed by atoms with Gasteiger partial charge in [0.25, 0.3) is 0 Å². The quantitative estimate of drug-likeness (QED) is 0.834. The van der Waals surface area contributed by atoms with Crippen LogP contribution < -0.4 is 5.32 Å².